The van der Waals surface area contributed by atoms with Crippen LogP contribution in [0, 0.1) is 0 Å². The van der Waals surface area contributed by atoms with E-state index in [0.29, 0.717) is 16.7 Å². The molecule has 3 N–H and O–H groups in total. The average Bonchev–Trinajstić information content (AvgIpc) is 2.69. The number of benzene rings is 1. The van der Waals surface area contributed by atoms with Crippen molar-refractivity contribution in [2.45, 2.75) is 44.6 Å². The van der Waals surface area contributed by atoms with Gasteiger partial charge in [-0.3, -0.25) is 19.4 Å². The van der Waals surface area contributed by atoms with E-state index in [-0.39, 0.29) is 34.8 Å². The third kappa shape index (κ3) is 4.02. The van der Waals surface area contributed by atoms with Crippen molar-refractivity contribution in [1.82, 2.24) is 9.97 Å². The zero-order valence-corrected chi connectivity index (χ0v) is 17.8. The van der Waals surface area contributed by atoms with Crippen molar-refractivity contribution >= 4 is 52.5 Å². The second-order valence-corrected chi connectivity index (χ2v) is 8.45. The van der Waals surface area contributed by atoms with E-state index in [1.807, 2.05) is 4.90 Å². The normalized spacial score (nSPS) is 21.0. The summed E-state index contributed by atoms with van der Waals surface area (Å²) in [6.07, 6.45) is 2.97. The SMILES string of the molecule is C[C@@H]1CCCCN1c1nc2c(c(=O)[nH]1)[C@@H](C(=O)Nc1ccc(Cl)cc1Cl)CC(=O)N2. The number of piperidine rings is 1. The number of hydrogen-bond donors (Lipinski definition) is 3. The van der Waals surface area contributed by atoms with Gasteiger partial charge in [-0.2, -0.15) is 4.98 Å². The summed E-state index contributed by atoms with van der Waals surface area (Å²) < 4.78 is 0. The van der Waals surface area contributed by atoms with Crippen LogP contribution in [0.2, 0.25) is 10.0 Å². The van der Waals surface area contributed by atoms with Crippen molar-refractivity contribution in [3.05, 3.63) is 44.2 Å². The number of aromatic nitrogens is 2. The van der Waals surface area contributed by atoms with Crippen molar-refractivity contribution in [2.75, 3.05) is 22.1 Å². The number of rotatable bonds is 3. The molecule has 2 aromatic rings. The Bertz CT molecular complexity index is 1070. The van der Waals surface area contributed by atoms with Crippen LogP contribution in [0.3, 0.4) is 0 Å². The predicted octanol–water partition coefficient (Wildman–Crippen LogP) is 3.52. The Morgan fingerprint density at radius 3 is 2.80 bits per heavy atom. The fourth-order valence-electron chi connectivity index (χ4n) is 3.94. The largest absolute Gasteiger partial charge is 0.340 e. The number of H-pyrrole nitrogens is 1. The number of nitrogens with zero attached hydrogens (tertiary/aromatic N) is 2. The number of nitrogens with one attached hydrogen (secondary N) is 3. The molecule has 2 amide bonds. The summed E-state index contributed by atoms with van der Waals surface area (Å²) in [5, 5.41) is 6.02. The summed E-state index contributed by atoms with van der Waals surface area (Å²) in [5.74, 6) is -1.33. The van der Waals surface area contributed by atoms with Crippen LogP contribution in [0.5, 0.6) is 0 Å². The Kier molecular flexibility index (Phi) is 5.71. The van der Waals surface area contributed by atoms with E-state index in [1.54, 1.807) is 12.1 Å². The first-order chi connectivity index (χ1) is 14.3. The quantitative estimate of drug-likeness (QED) is 0.664. The molecule has 2 atom stereocenters. The number of halogens is 2. The first-order valence-electron chi connectivity index (χ1n) is 9.80. The lowest BCUT2D eigenvalue weighted by Gasteiger charge is -2.34. The highest BCUT2D eigenvalue weighted by Crippen LogP contribution is 2.32. The second kappa shape index (κ2) is 8.28. The minimum absolute atomic E-state index is 0.130. The van der Waals surface area contributed by atoms with Gasteiger partial charge in [-0.1, -0.05) is 23.2 Å². The van der Waals surface area contributed by atoms with Crippen LogP contribution in [0.1, 0.15) is 44.1 Å². The van der Waals surface area contributed by atoms with Gasteiger partial charge in [0.15, 0.2) is 0 Å². The number of fused-ring (bicyclic) bond motifs is 1. The highest BCUT2D eigenvalue weighted by Gasteiger charge is 2.35. The molecule has 1 fully saturated rings. The van der Waals surface area contributed by atoms with Gasteiger partial charge in [-0.15, -0.1) is 0 Å². The number of carbonyl (C=O) groups excluding carboxylic acids is 2. The monoisotopic (exact) mass is 449 g/mol. The lowest BCUT2D eigenvalue weighted by Crippen LogP contribution is -2.42. The second-order valence-electron chi connectivity index (χ2n) is 7.61. The van der Waals surface area contributed by atoms with Crippen LogP contribution in [0.15, 0.2) is 23.0 Å². The van der Waals surface area contributed by atoms with Crippen LogP contribution < -0.4 is 21.1 Å². The highest BCUT2D eigenvalue weighted by molar-refractivity contribution is 6.36. The average molecular weight is 450 g/mol. The molecule has 2 aliphatic rings. The van der Waals surface area contributed by atoms with Gasteiger partial charge < -0.3 is 15.5 Å². The molecule has 30 heavy (non-hydrogen) atoms. The van der Waals surface area contributed by atoms with Crippen molar-refractivity contribution in [1.29, 1.82) is 0 Å². The molecule has 0 spiro atoms. The summed E-state index contributed by atoms with van der Waals surface area (Å²) in [6, 6.07) is 4.88. The molecular formula is C20H21Cl2N5O3. The molecule has 1 saturated heterocycles. The van der Waals surface area contributed by atoms with Crippen LogP contribution >= 0.6 is 23.2 Å². The molecule has 2 aliphatic heterocycles. The molecule has 0 saturated carbocycles. The smallest absolute Gasteiger partial charge is 0.258 e. The Labute approximate surface area is 183 Å². The maximum absolute atomic E-state index is 12.9. The number of anilines is 3. The van der Waals surface area contributed by atoms with Crippen molar-refractivity contribution in [3.63, 3.8) is 0 Å². The van der Waals surface area contributed by atoms with Crippen LogP contribution in [-0.2, 0) is 9.59 Å². The molecule has 4 rings (SSSR count). The van der Waals surface area contributed by atoms with Crippen molar-refractivity contribution in [2.24, 2.45) is 0 Å². The Morgan fingerprint density at radius 1 is 1.27 bits per heavy atom. The molecule has 0 radical (unpaired) electrons. The number of amides is 2. The zero-order valence-electron chi connectivity index (χ0n) is 16.3. The summed E-state index contributed by atoms with van der Waals surface area (Å²) in [6.45, 7) is 2.85. The predicted molar refractivity (Wildman–Crippen MR) is 117 cm³/mol. The van der Waals surface area contributed by atoms with Crippen LogP contribution in [0.4, 0.5) is 17.5 Å². The lowest BCUT2D eigenvalue weighted by molar-refractivity contribution is -0.123. The van der Waals surface area contributed by atoms with E-state index in [4.69, 9.17) is 23.2 Å². The molecule has 0 unspecified atom stereocenters. The summed E-state index contributed by atoms with van der Waals surface area (Å²) >= 11 is 12.0. The molecule has 1 aromatic carbocycles. The van der Waals surface area contributed by atoms with Crippen LogP contribution in [-0.4, -0.2) is 34.4 Å². The van der Waals surface area contributed by atoms with E-state index in [1.165, 1.54) is 6.07 Å². The third-order valence-corrected chi connectivity index (χ3v) is 6.07. The van der Waals surface area contributed by atoms with E-state index in [9.17, 15) is 14.4 Å². The fourth-order valence-corrected chi connectivity index (χ4v) is 4.40. The number of carbonyl (C=O) groups is 2. The molecule has 0 aliphatic carbocycles. The third-order valence-electron chi connectivity index (χ3n) is 5.52. The first kappa shape index (κ1) is 20.7. The van der Waals surface area contributed by atoms with Gasteiger partial charge in [0.1, 0.15) is 5.82 Å². The standard InChI is InChI=1S/C20H21Cl2N5O3/c1-10-4-2-3-7-27(10)20-25-17-16(19(30)26-20)12(9-15(28)24-17)18(29)23-14-6-5-11(21)8-13(14)22/h5-6,8,10,12H,2-4,7,9H2,1H3,(H,23,29)(H2,24,25,26,28,30)/t10-,12+/m1/s1. The van der Waals surface area contributed by atoms with E-state index in [2.05, 4.69) is 27.5 Å². The number of aromatic amines is 1. The van der Waals surface area contributed by atoms with Gasteiger partial charge in [0, 0.05) is 24.0 Å². The Morgan fingerprint density at radius 2 is 2.07 bits per heavy atom. The van der Waals surface area contributed by atoms with E-state index < -0.39 is 17.4 Å². The molecule has 3 heterocycles. The minimum atomic E-state index is -0.982. The van der Waals surface area contributed by atoms with Crippen molar-refractivity contribution < 1.29 is 9.59 Å². The Balaban J connectivity index is 1.66. The van der Waals surface area contributed by atoms with Gasteiger partial charge in [-0.05, 0) is 44.4 Å². The Hall–Kier alpha value is -2.58. The molecule has 10 heteroatoms. The zero-order chi connectivity index (χ0) is 21.4. The summed E-state index contributed by atoms with van der Waals surface area (Å²) in [7, 11) is 0. The maximum Gasteiger partial charge on any atom is 0.258 e. The molecule has 0 bridgehead atoms. The topological polar surface area (TPSA) is 107 Å². The van der Waals surface area contributed by atoms with E-state index in [0.717, 1.165) is 25.8 Å². The summed E-state index contributed by atoms with van der Waals surface area (Å²) in [4.78, 5) is 47.4. The van der Waals surface area contributed by atoms with Gasteiger partial charge in [-0.25, -0.2) is 0 Å². The van der Waals surface area contributed by atoms with Crippen molar-refractivity contribution in [3.8, 4) is 0 Å². The molecule has 8 nitrogen and oxygen atoms in total. The molecule has 1 aromatic heterocycles. The van der Waals surface area contributed by atoms with Gasteiger partial charge in [0.05, 0.1) is 22.2 Å². The van der Waals surface area contributed by atoms with Gasteiger partial charge in [0.25, 0.3) is 5.56 Å². The van der Waals surface area contributed by atoms with Crippen LogP contribution in [0.25, 0.3) is 0 Å². The molecular weight excluding hydrogens is 429 g/mol. The summed E-state index contributed by atoms with van der Waals surface area (Å²) in [5.41, 5.74) is 0.0578. The minimum Gasteiger partial charge on any atom is -0.340 e. The lowest BCUT2D eigenvalue weighted by atomic mass is 9.92. The first-order valence-corrected chi connectivity index (χ1v) is 10.6. The van der Waals surface area contributed by atoms with E-state index >= 15 is 0 Å². The maximum atomic E-state index is 12.9. The number of hydrogen-bond acceptors (Lipinski definition) is 5. The van der Waals surface area contributed by atoms with Gasteiger partial charge in [0.2, 0.25) is 17.8 Å². The fraction of sp³-hybridized carbons (Fsp3) is 0.400. The van der Waals surface area contributed by atoms with Gasteiger partial charge >= 0.3 is 0 Å². The highest BCUT2D eigenvalue weighted by atomic mass is 35.5. The molecule has 158 valence electrons.